The SMILES string of the molecule is COC(=O)CC(=O)CC1CC2C=CC1C2. The molecule has 15 heavy (non-hydrogen) atoms. The van der Waals surface area contributed by atoms with E-state index in [1.54, 1.807) is 0 Å². The molecule has 0 N–H and O–H groups in total. The summed E-state index contributed by atoms with van der Waals surface area (Å²) in [4.78, 5) is 22.4. The number of ketones is 1. The molecular weight excluding hydrogens is 192 g/mol. The number of carbonyl (C=O) groups excluding carboxylic acids is 2. The highest BCUT2D eigenvalue weighted by atomic mass is 16.5. The van der Waals surface area contributed by atoms with Gasteiger partial charge in [-0.15, -0.1) is 0 Å². The Morgan fingerprint density at radius 1 is 1.33 bits per heavy atom. The van der Waals surface area contributed by atoms with Crippen molar-refractivity contribution in [2.45, 2.75) is 25.7 Å². The predicted octanol–water partition coefficient (Wildman–Crippen LogP) is 1.72. The van der Waals surface area contributed by atoms with E-state index in [4.69, 9.17) is 0 Å². The molecule has 0 aromatic heterocycles. The molecular formula is C12H16O3. The third-order valence-corrected chi connectivity index (χ3v) is 3.48. The molecule has 1 fully saturated rings. The lowest BCUT2D eigenvalue weighted by Crippen LogP contribution is -2.16. The molecule has 0 spiro atoms. The number of carbonyl (C=O) groups is 2. The van der Waals surface area contributed by atoms with Gasteiger partial charge in [0.25, 0.3) is 0 Å². The predicted molar refractivity (Wildman–Crippen MR) is 55.1 cm³/mol. The van der Waals surface area contributed by atoms with Crippen LogP contribution in [0.3, 0.4) is 0 Å². The third kappa shape index (κ3) is 2.28. The Hall–Kier alpha value is -1.12. The Balaban J connectivity index is 1.80. The van der Waals surface area contributed by atoms with Gasteiger partial charge < -0.3 is 4.74 Å². The number of hydrogen-bond donors (Lipinski definition) is 0. The number of rotatable bonds is 4. The van der Waals surface area contributed by atoms with E-state index in [0.717, 1.165) is 6.42 Å². The largest absolute Gasteiger partial charge is 0.469 e. The molecule has 3 atom stereocenters. The molecule has 3 heteroatoms. The number of Topliss-reactive ketones (excluding diaryl/α,β-unsaturated/α-hetero) is 1. The van der Waals surface area contributed by atoms with Gasteiger partial charge in [-0.2, -0.15) is 0 Å². The van der Waals surface area contributed by atoms with Gasteiger partial charge in [-0.05, 0) is 30.6 Å². The minimum Gasteiger partial charge on any atom is -0.469 e. The van der Waals surface area contributed by atoms with Crippen molar-refractivity contribution in [3.05, 3.63) is 12.2 Å². The van der Waals surface area contributed by atoms with Gasteiger partial charge in [0.05, 0.1) is 7.11 Å². The number of ether oxygens (including phenoxy) is 1. The van der Waals surface area contributed by atoms with Crippen LogP contribution in [0.2, 0.25) is 0 Å². The number of allylic oxidation sites excluding steroid dienone is 2. The van der Waals surface area contributed by atoms with Gasteiger partial charge in [-0.25, -0.2) is 0 Å². The summed E-state index contributed by atoms with van der Waals surface area (Å²) in [5.41, 5.74) is 0. The Morgan fingerprint density at radius 2 is 2.13 bits per heavy atom. The fraction of sp³-hybridized carbons (Fsp3) is 0.667. The lowest BCUT2D eigenvalue weighted by atomic mass is 9.88. The monoisotopic (exact) mass is 208 g/mol. The van der Waals surface area contributed by atoms with Crippen molar-refractivity contribution in [1.29, 1.82) is 0 Å². The lowest BCUT2D eigenvalue weighted by Gasteiger charge is -2.16. The quantitative estimate of drug-likeness (QED) is 0.401. The van der Waals surface area contributed by atoms with Crippen LogP contribution in [0.15, 0.2) is 12.2 Å². The van der Waals surface area contributed by atoms with Crippen molar-refractivity contribution in [3.63, 3.8) is 0 Å². The van der Waals surface area contributed by atoms with E-state index in [1.807, 2.05) is 0 Å². The number of hydrogen-bond acceptors (Lipinski definition) is 3. The number of methoxy groups -OCH3 is 1. The van der Waals surface area contributed by atoms with E-state index in [-0.39, 0.29) is 12.2 Å². The van der Waals surface area contributed by atoms with Crippen LogP contribution in [0.5, 0.6) is 0 Å². The van der Waals surface area contributed by atoms with Crippen LogP contribution in [0.1, 0.15) is 25.7 Å². The average molecular weight is 208 g/mol. The Bertz CT molecular complexity index is 306. The summed E-state index contributed by atoms with van der Waals surface area (Å²) >= 11 is 0. The first-order valence-electron chi connectivity index (χ1n) is 5.46. The minimum atomic E-state index is -0.418. The maximum atomic E-state index is 11.5. The highest BCUT2D eigenvalue weighted by Gasteiger charge is 2.36. The van der Waals surface area contributed by atoms with Crippen molar-refractivity contribution < 1.29 is 14.3 Å². The first-order valence-corrected chi connectivity index (χ1v) is 5.46. The standard InChI is InChI=1S/C12H16O3/c1-15-12(14)7-11(13)6-10-5-8-2-3-9(10)4-8/h2-3,8-10H,4-7H2,1H3. The fourth-order valence-corrected chi connectivity index (χ4v) is 2.73. The zero-order valence-electron chi connectivity index (χ0n) is 8.94. The van der Waals surface area contributed by atoms with Crippen LogP contribution in [-0.2, 0) is 14.3 Å². The fourth-order valence-electron chi connectivity index (χ4n) is 2.73. The van der Waals surface area contributed by atoms with Crippen molar-refractivity contribution in [1.82, 2.24) is 0 Å². The maximum Gasteiger partial charge on any atom is 0.313 e. The van der Waals surface area contributed by atoms with Crippen molar-refractivity contribution in [2.24, 2.45) is 17.8 Å². The molecule has 0 aromatic carbocycles. The molecule has 2 aliphatic rings. The highest BCUT2D eigenvalue weighted by molar-refractivity contribution is 5.95. The Labute approximate surface area is 89.5 Å². The zero-order valence-corrected chi connectivity index (χ0v) is 8.94. The van der Waals surface area contributed by atoms with Crippen LogP contribution in [-0.4, -0.2) is 18.9 Å². The Kier molecular flexibility index (Phi) is 2.89. The molecule has 0 amide bonds. The highest BCUT2D eigenvalue weighted by Crippen LogP contribution is 2.44. The van der Waals surface area contributed by atoms with Gasteiger partial charge >= 0.3 is 5.97 Å². The average Bonchev–Trinajstić information content (AvgIpc) is 2.78. The summed E-state index contributed by atoms with van der Waals surface area (Å²) in [6, 6.07) is 0. The van der Waals surface area contributed by atoms with Crippen molar-refractivity contribution in [2.75, 3.05) is 7.11 Å². The first kappa shape index (κ1) is 10.4. The normalized spacial score (nSPS) is 31.9. The molecule has 3 nitrogen and oxygen atoms in total. The first-order chi connectivity index (χ1) is 7.19. The van der Waals surface area contributed by atoms with E-state index in [9.17, 15) is 9.59 Å². The van der Waals surface area contributed by atoms with Crippen LogP contribution in [0.25, 0.3) is 0 Å². The second kappa shape index (κ2) is 4.17. The summed E-state index contributed by atoms with van der Waals surface area (Å²) in [6.07, 6.45) is 7.29. The van der Waals surface area contributed by atoms with Gasteiger partial charge in [-0.3, -0.25) is 9.59 Å². The van der Waals surface area contributed by atoms with Crippen LogP contribution in [0, 0.1) is 17.8 Å². The van der Waals surface area contributed by atoms with E-state index in [2.05, 4.69) is 16.9 Å². The molecule has 0 heterocycles. The van der Waals surface area contributed by atoms with Crippen LogP contribution >= 0.6 is 0 Å². The molecule has 3 unspecified atom stereocenters. The molecule has 0 saturated heterocycles. The summed E-state index contributed by atoms with van der Waals surface area (Å²) in [6.45, 7) is 0. The molecule has 82 valence electrons. The Morgan fingerprint density at radius 3 is 2.67 bits per heavy atom. The maximum absolute atomic E-state index is 11.5. The van der Waals surface area contributed by atoms with Gasteiger partial charge in [-0.1, -0.05) is 12.2 Å². The van der Waals surface area contributed by atoms with Gasteiger partial charge in [0, 0.05) is 6.42 Å². The summed E-state index contributed by atoms with van der Waals surface area (Å²) in [5.74, 6) is 1.34. The van der Waals surface area contributed by atoms with Crippen molar-refractivity contribution in [3.8, 4) is 0 Å². The minimum absolute atomic E-state index is 0.0211. The summed E-state index contributed by atoms with van der Waals surface area (Å²) < 4.78 is 4.47. The molecule has 1 saturated carbocycles. The molecule has 0 aromatic rings. The zero-order chi connectivity index (χ0) is 10.8. The number of fused-ring (bicyclic) bond motifs is 2. The van der Waals surface area contributed by atoms with Gasteiger partial charge in [0.15, 0.2) is 0 Å². The van der Waals surface area contributed by atoms with E-state index < -0.39 is 5.97 Å². The lowest BCUT2D eigenvalue weighted by molar-refractivity contribution is -0.143. The molecule has 0 aliphatic heterocycles. The topological polar surface area (TPSA) is 43.4 Å². The summed E-state index contributed by atoms with van der Waals surface area (Å²) in [7, 11) is 1.32. The number of esters is 1. The molecule has 2 rings (SSSR count). The molecule has 0 radical (unpaired) electrons. The second-order valence-corrected chi connectivity index (χ2v) is 4.54. The van der Waals surface area contributed by atoms with Crippen LogP contribution in [0.4, 0.5) is 0 Å². The van der Waals surface area contributed by atoms with E-state index >= 15 is 0 Å². The van der Waals surface area contributed by atoms with E-state index in [0.29, 0.717) is 24.2 Å². The molecule has 2 aliphatic carbocycles. The van der Waals surface area contributed by atoms with Crippen LogP contribution < -0.4 is 0 Å². The molecule has 2 bridgehead atoms. The second-order valence-electron chi connectivity index (χ2n) is 4.54. The van der Waals surface area contributed by atoms with E-state index in [1.165, 1.54) is 13.5 Å². The third-order valence-electron chi connectivity index (χ3n) is 3.48. The van der Waals surface area contributed by atoms with Gasteiger partial charge in [0.2, 0.25) is 0 Å². The van der Waals surface area contributed by atoms with Crippen molar-refractivity contribution >= 4 is 11.8 Å². The summed E-state index contributed by atoms with van der Waals surface area (Å²) in [5, 5.41) is 0. The smallest absolute Gasteiger partial charge is 0.313 e. The van der Waals surface area contributed by atoms with Gasteiger partial charge in [0.1, 0.15) is 12.2 Å².